The van der Waals surface area contributed by atoms with Gasteiger partial charge in [-0.2, -0.15) is 0 Å². The first-order chi connectivity index (χ1) is 22.1. The summed E-state index contributed by atoms with van der Waals surface area (Å²) in [5.74, 6) is 0.987. The van der Waals surface area contributed by atoms with Crippen LogP contribution in [0.2, 0.25) is 0 Å². The number of pyridine rings is 2. The number of nitrogens with zero attached hydrogens (tertiary/aromatic N) is 6. The van der Waals surface area contributed by atoms with Crippen molar-refractivity contribution in [2.75, 3.05) is 25.2 Å². The van der Waals surface area contributed by atoms with Crippen LogP contribution in [-0.2, 0) is 35.8 Å². The highest BCUT2D eigenvalue weighted by Crippen LogP contribution is 2.32. The smallest absolute Gasteiger partial charge is 0.152 e. The van der Waals surface area contributed by atoms with Gasteiger partial charge < -0.3 is 40.3 Å². The van der Waals surface area contributed by atoms with E-state index < -0.39 is 11.2 Å². The Labute approximate surface area is 270 Å². The van der Waals surface area contributed by atoms with Gasteiger partial charge in [0.05, 0.1) is 46.4 Å². The van der Waals surface area contributed by atoms with E-state index in [2.05, 4.69) is 19.9 Å². The molecule has 0 unspecified atom stereocenters. The summed E-state index contributed by atoms with van der Waals surface area (Å²) in [7, 11) is 1.57. The molecular weight excluding hydrogens is 610 g/mol. The summed E-state index contributed by atoms with van der Waals surface area (Å²) in [4.78, 5) is 17.5. The van der Waals surface area contributed by atoms with E-state index in [1.165, 1.54) is 24.3 Å². The summed E-state index contributed by atoms with van der Waals surface area (Å²) in [6, 6.07) is 8.74. The standard InChI is InChI=1S/C17H21FN4O2.C16H19FN4O2/c1-4-24-8-13-21-14-15(22(13)9-17(2,3)23)11-6-5-10(18)7-12(11)20-16(14)19;1-16(2,22)8-21-12(7-23-3)20-13-14(21)10-5-4-9(17)6-11(10)19-15(13)18/h5-7,23H,4,8-9H2,1-3H3,(H2,19,20);4-6,22H,7-8H2,1-3H3,(H2,18,19). The monoisotopic (exact) mass is 650 g/mol. The molecule has 0 spiro atoms. The summed E-state index contributed by atoms with van der Waals surface area (Å²) >= 11 is 0. The molecule has 0 bridgehead atoms. The molecule has 4 heterocycles. The predicted octanol–water partition coefficient (Wildman–Crippen LogP) is 4.84. The van der Waals surface area contributed by atoms with Crippen LogP contribution in [-0.4, -0.2) is 64.2 Å². The van der Waals surface area contributed by atoms with Crippen molar-refractivity contribution in [3.05, 3.63) is 59.7 Å². The van der Waals surface area contributed by atoms with Gasteiger partial charge in [0.15, 0.2) is 11.6 Å². The Morgan fingerprint density at radius 1 is 0.723 bits per heavy atom. The minimum Gasteiger partial charge on any atom is -0.389 e. The van der Waals surface area contributed by atoms with Crippen molar-refractivity contribution in [1.82, 2.24) is 29.1 Å². The van der Waals surface area contributed by atoms with Crippen LogP contribution in [0.5, 0.6) is 0 Å². The molecule has 6 N–H and O–H groups in total. The van der Waals surface area contributed by atoms with E-state index in [-0.39, 0.29) is 29.9 Å². The lowest BCUT2D eigenvalue weighted by Gasteiger charge is -2.20. The Morgan fingerprint density at radius 2 is 1.15 bits per heavy atom. The largest absolute Gasteiger partial charge is 0.389 e. The van der Waals surface area contributed by atoms with Gasteiger partial charge in [0.25, 0.3) is 0 Å². The maximum atomic E-state index is 13.5. The van der Waals surface area contributed by atoms with Crippen LogP contribution in [0.1, 0.15) is 46.3 Å². The molecule has 0 saturated carbocycles. The van der Waals surface area contributed by atoms with E-state index in [0.29, 0.717) is 60.0 Å². The molecule has 250 valence electrons. The number of aliphatic hydroxyl groups is 2. The lowest BCUT2D eigenvalue weighted by molar-refractivity contribution is 0.0580. The zero-order valence-corrected chi connectivity index (χ0v) is 27.3. The Kier molecular flexibility index (Phi) is 9.33. The molecule has 0 radical (unpaired) electrons. The van der Waals surface area contributed by atoms with Crippen molar-refractivity contribution in [2.45, 2.75) is 72.1 Å². The number of anilines is 2. The van der Waals surface area contributed by atoms with Gasteiger partial charge in [0.1, 0.15) is 47.5 Å². The highest BCUT2D eigenvalue weighted by molar-refractivity contribution is 6.07. The molecule has 12 nitrogen and oxygen atoms in total. The zero-order valence-electron chi connectivity index (χ0n) is 27.3. The third-order valence-electron chi connectivity index (χ3n) is 7.29. The van der Waals surface area contributed by atoms with E-state index in [1.54, 1.807) is 46.9 Å². The number of imidazole rings is 2. The summed E-state index contributed by atoms with van der Waals surface area (Å²) in [5, 5.41) is 22.0. The molecule has 0 fully saturated rings. The number of fused-ring (bicyclic) bond motifs is 6. The Bertz CT molecular complexity index is 2080. The van der Waals surface area contributed by atoms with Gasteiger partial charge in [-0.3, -0.25) is 0 Å². The number of benzene rings is 2. The van der Waals surface area contributed by atoms with Crippen LogP contribution >= 0.6 is 0 Å². The highest BCUT2D eigenvalue weighted by Gasteiger charge is 2.24. The second kappa shape index (κ2) is 13.0. The number of hydrogen-bond donors (Lipinski definition) is 4. The lowest BCUT2D eigenvalue weighted by Crippen LogP contribution is -2.27. The fourth-order valence-electron chi connectivity index (χ4n) is 5.52. The summed E-state index contributed by atoms with van der Waals surface area (Å²) in [6.45, 7) is 10.5. The van der Waals surface area contributed by atoms with Crippen molar-refractivity contribution < 1.29 is 28.5 Å². The van der Waals surface area contributed by atoms with Gasteiger partial charge in [-0.1, -0.05) is 0 Å². The van der Waals surface area contributed by atoms with Gasteiger partial charge in [0, 0.05) is 36.6 Å². The van der Waals surface area contributed by atoms with Crippen LogP contribution in [0.15, 0.2) is 36.4 Å². The summed E-state index contributed by atoms with van der Waals surface area (Å²) in [5.41, 5.74) is 13.5. The van der Waals surface area contributed by atoms with Crippen LogP contribution in [0.4, 0.5) is 20.4 Å². The first-order valence-corrected chi connectivity index (χ1v) is 15.1. The van der Waals surface area contributed by atoms with Gasteiger partial charge in [-0.25, -0.2) is 28.7 Å². The molecular formula is C33H40F2N8O4. The Hall–Kier alpha value is -4.50. The second-order valence-electron chi connectivity index (χ2n) is 12.6. The topological polar surface area (TPSA) is 172 Å². The fourth-order valence-corrected chi connectivity index (χ4v) is 5.52. The lowest BCUT2D eigenvalue weighted by atomic mass is 10.1. The highest BCUT2D eigenvalue weighted by atomic mass is 19.1. The average Bonchev–Trinajstić information content (AvgIpc) is 3.49. The summed E-state index contributed by atoms with van der Waals surface area (Å²) in [6.07, 6.45) is 0. The Morgan fingerprint density at radius 3 is 1.53 bits per heavy atom. The number of ether oxygens (including phenoxy) is 2. The number of nitrogen functional groups attached to an aromatic ring is 2. The van der Waals surface area contributed by atoms with Gasteiger partial charge >= 0.3 is 0 Å². The molecule has 6 aromatic rings. The molecule has 0 aliphatic carbocycles. The first-order valence-electron chi connectivity index (χ1n) is 15.1. The van der Waals surface area contributed by atoms with Crippen LogP contribution in [0, 0.1) is 11.6 Å². The molecule has 4 aromatic heterocycles. The number of aromatic nitrogens is 6. The SMILES string of the molecule is CCOCc1nc2c(N)nc3cc(F)ccc3c2n1CC(C)(C)O.COCc1nc2c(N)nc3cc(F)ccc3c2n1CC(C)(C)O. The van der Waals surface area contributed by atoms with E-state index >= 15 is 0 Å². The third-order valence-corrected chi connectivity index (χ3v) is 7.29. The van der Waals surface area contributed by atoms with Crippen molar-refractivity contribution in [3.63, 3.8) is 0 Å². The van der Waals surface area contributed by atoms with Crippen molar-refractivity contribution >= 4 is 55.5 Å². The van der Waals surface area contributed by atoms with E-state index in [9.17, 15) is 19.0 Å². The van der Waals surface area contributed by atoms with Crippen LogP contribution in [0.3, 0.4) is 0 Å². The third kappa shape index (κ3) is 7.25. The van der Waals surface area contributed by atoms with Crippen molar-refractivity contribution in [1.29, 1.82) is 0 Å². The zero-order chi connectivity index (χ0) is 34.3. The van der Waals surface area contributed by atoms with Gasteiger partial charge in [0.2, 0.25) is 0 Å². The minimum absolute atomic E-state index is 0.227. The average molecular weight is 651 g/mol. The molecule has 14 heteroatoms. The maximum Gasteiger partial charge on any atom is 0.152 e. The number of nitrogens with two attached hydrogens (primary N) is 2. The molecule has 0 atom stereocenters. The maximum absolute atomic E-state index is 13.5. The molecule has 0 aliphatic rings. The van der Waals surface area contributed by atoms with Crippen molar-refractivity contribution in [3.8, 4) is 0 Å². The van der Waals surface area contributed by atoms with E-state index in [1.807, 2.05) is 16.1 Å². The second-order valence-corrected chi connectivity index (χ2v) is 12.6. The fraction of sp³-hybridized carbons (Fsp3) is 0.394. The van der Waals surface area contributed by atoms with Crippen LogP contribution in [0.25, 0.3) is 43.9 Å². The van der Waals surface area contributed by atoms with Crippen molar-refractivity contribution in [2.24, 2.45) is 0 Å². The van der Waals surface area contributed by atoms with E-state index in [4.69, 9.17) is 20.9 Å². The van der Waals surface area contributed by atoms with Crippen LogP contribution < -0.4 is 11.5 Å². The molecule has 0 aliphatic heterocycles. The molecule has 2 aromatic carbocycles. The minimum atomic E-state index is -0.959. The van der Waals surface area contributed by atoms with Gasteiger partial charge in [-0.15, -0.1) is 0 Å². The molecule has 6 rings (SSSR count). The molecule has 0 saturated heterocycles. The number of halogens is 2. The number of methoxy groups -OCH3 is 1. The normalized spacial score (nSPS) is 12.4. The molecule has 0 amide bonds. The number of hydrogen-bond acceptors (Lipinski definition) is 10. The number of rotatable bonds is 9. The molecule has 47 heavy (non-hydrogen) atoms. The first kappa shape index (κ1) is 33.9. The summed E-state index contributed by atoms with van der Waals surface area (Å²) < 4.78 is 41.5. The van der Waals surface area contributed by atoms with E-state index in [0.717, 1.165) is 21.8 Å². The Balaban J connectivity index is 0.000000185. The predicted molar refractivity (Wildman–Crippen MR) is 177 cm³/mol. The van der Waals surface area contributed by atoms with Gasteiger partial charge in [-0.05, 0) is 58.9 Å². The quantitative estimate of drug-likeness (QED) is 0.170.